The summed E-state index contributed by atoms with van der Waals surface area (Å²) >= 11 is 6.15. The molecule has 5 heteroatoms. The Labute approximate surface area is 118 Å². The fourth-order valence-corrected chi connectivity index (χ4v) is 2.10. The molecule has 0 amide bonds. The van der Waals surface area contributed by atoms with E-state index in [1.54, 1.807) is 18.6 Å². The molecule has 0 aliphatic carbocycles. The van der Waals surface area contributed by atoms with Gasteiger partial charge >= 0.3 is 0 Å². The molecule has 19 heavy (non-hydrogen) atoms. The van der Waals surface area contributed by atoms with E-state index >= 15 is 0 Å². The lowest BCUT2D eigenvalue weighted by molar-refractivity contribution is 0.534. The molecule has 0 aliphatic rings. The molecule has 0 saturated heterocycles. The maximum absolute atomic E-state index is 6.15. The Morgan fingerprint density at radius 2 is 2.11 bits per heavy atom. The summed E-state index contributed by atoms with van der Waals surface area (Å²) in [7, 11) is 0. The minimum atomic E-state index is 0.109. The van der Waals surface area contributed by atoms with Crippen LogP contribution in [0.1, 0.15) is 29.9 Å². The molecule has 0 aromatic carbocycles. The third-order valence-electron chi connectivity index (χ3n) is 2.89. The lowest BCUT2D eigenvalue weighted by Gasteiger charge is -2.17. The summed E-state index contributed by atoms with van der Waals surface area (Å²) in [4.78, 5) is 12.7. The van der Waals surface area contributed by atoms with Crippen LogP contribution in [0.3, 0.4) is 0 Å². The van der Waals surface area contributed by atoms with Gasteiger partial charge in [0.05, 0.1) is 28.6 Å². The molecule has 2 aromatic heterocycles. The lowest BCUT2D eigenvalue weighted by Crippen LogP contribution is -2.24. The van der Waals surface area contributed by atoms with Gasteiger partial charge in [-0.25, -0.2) is 0 Å². The van der Waals surface area contributed by atoms with Crippen molar-refractivity contribution < 1.29 is 0 Å². The molecule has 4 nitrogen and oxygen atoms in total. The van der Waals surface area contributed by atoms with E-state index in [0.29, 0.717) is 5.02 Å². The number of nitrogens with zero attached hydrogens (tertiary/aromatic N) is 3. The predicted octanol–water partition coefficient (Wildman–Crippen LogP) is 2.73. The van der Waals surface area contributed by atoms with Gasteiger partial charge in [0.2, 0.25) is 0 Å². The van der Waals surface area contributed by atoms with Crippen molar-refractivity contribution in [1.82, 2.24) is 20.3 Å². The highest BCUT2D eigenvalue weighted by molar-refractivity contribution is 6.31. The van der Waals surface area contributed by atoms with Crippen LogP contribution in [0, 0.1) is 6.92 Å². The van der Waals surface area contributed by atoms with E-state index in [1.165, 1.54) is 0 Å². The quantitative estimate of drug-likeness (QED) is 0.912. The molecule has 1 unspecified atom stereocenters. The van der Waals surface area contributed by atoms with Crippen LogP contribution < -0.4 is 5.32 Å². The summed E-state index contributed by atoms with van der Waals surface area (Å²) in [5.41, 5.74) is 2.91. The summed E-state index contributed by atoms with van der Waals surface area (Å²) in [6.07, 6.45) is 7.80. The highest BCUT2D eigenvalue weighted by Crippen LogP contribution is 2.21. The van der Waals surface area contributed by atoms with E-state index in [4.69, 9.17) is 11.6 Å². The summed E-state index contributed by atoms with van der Waals surface area (Å²) in [6, 6.07) is 2.05. The Kier molecular flexibility index (Phi) is 4.82. The first-order chi connectivity index (χ1) is 9.20. The van der Waals surface area contributed by atoms with E-state index in [-0.39, 0.29) is 6.04 Å². The maximum atomic E-state index is 6.15. The van der Waals surface area contributed by atoms with Gasteiger partial charge < -0.3 is 5.32 Å². The van der Waals surface area contributed by atoms with Gasteiger partial charge in [-0.2, -0.15) is 0 Å². The molecule has 100 valence electrons. The molecule has 1 atom stereocenters. The van der Waals surface area contributed by atoms with Gasteiger partial charge in [0.15, 0.2) is 0 Å². The van der Waals surface area contributed by atoms with Crippen LogP contribution in [0.2, 0.25) is 5.02 Å². The van der Waals surface area contributed by atoms with Gasteiger partial charge in [0.25, 0.3) is 0 Å². The Morgan fingerprint density at radius 3 is 2.74 bits per heavy atom. The molecule has 2 aromatic rings. The Hall–Kier alpha value is -1.52. The second-order valence-electron chi connectivity index (χ2n) is 4.36. The number of hydrogen-bond acceptors (Lipinski definition) is 4. The van der Waals surface area contributed by atoms with Crippen LogP contribution in [-0.2, 0) is 6.42 Å². The van der Waals surface area contributed by atoms with Crippen molar-refractivity contribution in [2.24, 2.45) is 0 Å². The zero-order chi connectivity index (χ0) is 13.7. The first-order valence-corrected chi connectivity index (χ1v) is 6.68. The van der Waals surface area contributed by atoms with Crippen molar-refractivity contribution >= 4 is 11.6 Å². The highest BCUT2D eigenvalue weighted by Gasteiger charge is 2.14. The van der Waals surface area contributed by atoms with Crippen LogP contribution in [0.15, 0.2) is 30.9 Å². The minimum Gasteiger partial charge on any atom is -0.309 e. The summed E-state index contributed by atoms with van der Waals surface area (Å²) in [6.45, 7) is 4.87. The molecule has 1 N–H and O–H groups in total. The van der Waals surface area contributed by atoms with Crippen LogP contribution >= 0.6 is 11.6 Å². The second kappa shape index (κ2) is 6.59. The lowest BCUT2D eigenvalue weighted by atomic mass is 10.0. The number of halogens is 1. The smallest absolute Gasteiger partial charge is 0.0759 e. The first-order valence-electron chi connectivity index (χ1n) is 6.31. The summed E-state index contributed by atoms with van der Waals surface area (Å²) < 4.78 is 0. The molecular formula is C14H17ClN4. The van der Waals surface area contributed by atoms with E-state index in [0.717, 1.165) is 29.9 Å². The van der Waals surface area contributed by atoms with Gasteiger partial charge in [0, 0.05) is 18.6 Å². The molecular weight excluding hydrogens is 260 g/mol. The van der Waals surface area contributed by atoms with Crippen molar-refractivity contribution in [3.63, 3.8) is 0 Å². The van der Waals surface area contributed by atoms with Gasteiger partial charge in [-0.1, -0.05) is 18.5 Å². The van der Waals surface area contributed by atoms with Gasteiger partial charge in [-0.15, -0.1) is 0 Å². The van der Waals surface area contributed by atoms with E-state index in [9.17, 15) is 0 Å². The van der Waals surface area contributed by atoms with Crippen LogP contribution in [-0.4, -0.2) is 21.5 Å². The monoisotopic (exact) mass is 276 g/mol. The number of likely N-dealkylation sites (N-methyl/N-ethyl adjacent to an activating group) is 1. The number of rotatable bonds is 5. The van der Waals surface area contributed by atoms with Gasteiger partial charge in [-0.3, -0.25) is 15.0 Å². The fraction of sp³-hybridized carbons (Fsp3) is 0.357. The minimum absolute atomic E-state index is 0.109. The third-order valence-corrected chi connectivity index (χ3v) is 3.23. The number of aromatic nitrogens is 3. The normalized spacial score (nSPS) is 12.4. The zero-order valence-electron chi connectivity index (χ0n) is 11.1. The SMILES string of the molecule is CCNC(Cc1ccncc1Cl)c1cnc(C)cn1. The number of aryl methyl sites for hydroxylation is 1. The average Bonchev–Trinajstić information content (AvgIpc) is 2.42. The molecule has 2 heterocycles. The van der Waals surface area contributed by atoms with Crippen molar-refractivity contribution in [2.45, 2.75) is 26.3 Å². The Bertz CT molecular complexity index is 527. The predicted molar refractivity (Wildman–Crippen MR) is 76.1 cm³/mol. The summed E-state index contributed by atoms with van der Waals surface area (Å²) in [5, 5.41) is 4.10. The standard InChI is InChI=1S/C14H17ClN4/c1-3-17-13(14-9-18-10(2)7-19-14)6-11-4-5-16-8-12(11)15/h4-5,7-9,13,17H,3,6H2,1-2H3. The molecule has 2 rings (SSSR count). The van der Waals surface area contributed by atoms with Crippen LogP contribution in [0.25, 0.3) is 0 Å². The molecule has 0 radical (unpaired) electrons. The van der Waals surface area contributed by atoms with E-state index in [2.05, 4.69) is 27.2 Å². The van der Waals surface area contributed by atoms with Crippen molar-refractivity contribution in [2.75, 3.05) is 6.54 Å². The summed E-state index contributed by atoms with van der Waals surface area (Å²) in [5.74, 6) is 0. The number of nitrogens with one attached hydrogen (secondary N) is 1. The number of hydrogen-bond donors (Lipinski definition) is 1. The van der Waals surface area contributed by atoms with Crippen molar-refractivity contribution in [3.8, 4) is 0 Å². The molecule has 0 spiro atoms. The van der Waals surface area contributed by atoms with E-state index in [1.807, 2.05) is 19.2 Å². The second-order valence-corrected chi connectivity index (χ2v) is 4.77. The maximum Gasteiger partial charge on any atom is 0.0759 e. The molecule has 0 saturated carbocycles. The Morgan fingerprint density at radius 1 is 1.26 bits per heavy atom. The first kappa shape index (κ1) is 13.9. The topological polar surface area (TPSA) is 50.7 Å². The van der Waals surface area contributed by atoms with Crippen LogP contribution in [0.4, 0.5) is 0 Å². The molecule has 0 fully saturated rings. The van der Waals surface area contributed by atoms with Crippen LogP contribution in [0.5, 0.6) is 0 Å². The highest BCUT2D eigenvalue weighted by atomic mass is 35.5. The molecule has 0 aliphatic heterocycles. The average molecular weight is 277 g/mol. The fourth-order valence-electron chi connectivity index (χ4n) is 1.90. The van der Waals surface area contributed by atoms with Gasteiger partial charge in [0.1, 0.15) is 0 Å². The Balaban J connectivity index is 2.21. The largest absolute Gasteiger partial charge is 0.309 e. The van der Waals surface area contributed by atoms with Gasteiger partial charge in [-0.05, 0) is 31.5 Å². The zero-order valence-corrected chi connectivity index (χ0v) is 11.9. The molecule has 0 bridgehead atoms. The third kappa shape index (κ3) is 3.72. The number of pyridine rings is 1. The van der Waals surface area contributed by atoms with Crippen molar-refractivity contribution in [3.05, 3.63) is 52.8 Å². The van der Waals surface area contributed by atoms with Crippen molar-refractivity contribution in [1.29, 1.82) is 0 Å². The van der Waals surface area contributed by atoms with E-state index < -0.39 is 0 Å².